The lowest BCUT2D eigenvalue weighted by Crippen LogP contribution is -2.06. The van der Waals surface area contributed by atoms with Crippen molar-refractivity contribution in [2.45, 2.75) is 25.8 Å². The van der Waals surface area contributed by atoms with Gasteiger partial charge < -0.3 is 15.6 Å². The highest BCUT2D eigenvalue weighted by atomic mass is 16.5. The van der Waals surface area contributed by atoms with E-state index in [2.05, 4.69) is 18.6 Å². The Morgan fingerprint density at radius 1 is 1.47 bits per heavy atom. The lowest BCUT2D eigenvalue weighted by molar-refractivity contribution is 0.0597. The van der Waals surface area contributed by atoms with E-state index in [-0.39, 0.29) is 28.7 Å². The van der Waals surface area contributed by atoms with Gasteiger partial charge in [-0.25, -0.2) is 4.79 Å². The third kappa shape index (κ3) is 1.78. The normalized spacial score (nSPS) is 25.4. The van der Waals surface area contributed by atoms with Crippen LogP contribution in [-0.4, -0.2) is 24.2 Å². The lowest BCUT2D eigenvalue weighted by atomic mass is 10.0. The van der Waals surface area contributed by atoms with Crippen LogP contribution in [0.4, 0.5) is 0 Å². The molecule has 1 fully saturated rings. The summed E-state index contributed by atoms with van der Waals surface area (Å²) >= 11 is 0. The van der Waals surface area contributed by atoms with E-state index < -0.39 is 5.97 Å². The minimum atomic E-state index is -0.531. The summed E-state index contributed by atoms with van der Waals surface area (Å²) in [5.74, 6) is -0.365. The quantitative estimate of drug-likeness (QED) is 0.764. The van der Waals surface area contributed by atoms with Crippen molar-refractivity contribution in [2.75, 3.05) is 7.11 Å². The predicted octanol–water partition coefficient (Wildman–Crippen LogP) is 1.63. The summed E-state index contributed by atoms with van der Waals surface area (Å²) in [6.07, 6.45) is 0. The van der Waals surface area contributed by atoms with Crippen molar-refractivity contribution in [3.05, 3.63) is 29.3 Å². The van der Waals surface area contributed by atoms with Crippen LogP contribution in [0.3, 0.4) is 0 Å². The molecular formula is C13H17NO3. The Kier molecular flexibility index (Phi) is 2.62. The van der Waals surface area contributed by atoms with Gasteiger partial charge in [-0.2, -0.15) is 0 Å². The summed E-state index contributed by atoms with van der Waals surface area (Å²) in [6, 6.07) is 5.09. The zero-order valence-electron chi connectivity index (χ0n) is 10.2. The molecule has 4 heteroatoms. The molecule has 1 aliphatic carbocycles. The van der Waals surface area contributed by atoms with Crippen LogP contribution >= 0.6 is 0 Å². The first-order valence-electron chi connectivity index (χ1n) is 5.56. The van der Waals surface area contributed by atoms with Crippen molar-refractivity contribution in [3.8, 4) is 5.75 Å². The maximum absolute atomic E-state index is 11.5. The van der Waals surface area contributed by atoms with Gasteiger partial charge in [0.25, 0.3) is 0 Å². The maximum atomic E-state index is 11.5. The first-order valence-corrected chi connectivity index (χ1v) is 5.56. The van der Waals surface area contributed by atoms with Gasteiger partial charge in [-0.15, -0.1) is 0 Å². The van der Waals surface area contributed by atoms with E-state index in [9.17, 15) is 9.90 Å². The van der Waals surface area contributed by atoms with E-state index in [4.69, 9.17) is 5.73 Å². The van der Waals surface area contributed by atoms with Crippen LogP contribution in [0, 0.1) is 5.41 Å². The third-order valence-electron chi connectivity index (χ3n) is 3.70. The summed E-state index contributed by atoms with van der Waals surface area (Å²) in [5, 5.41) is 9.60. The van der Waals surface area contributed by atoms with E-state index in [0.29, 0.717) is 0 Å². The molecule has 0 saturated heterocycles. The molecule has 2 atom stereocenters. The highest BCUT2D eigenvalue weighted by Crippen LogP contribution is 2.57. The predicted molar refractivity (Wildman–Crippen MR) is 63.9 cm³/mol. The van der Waals surface area contributed by atoms with Crippen LogP contribution in [-0.2, 0) is 4.74 Å². The van der Waals surface area contributed by atoms with Crippen molar-refractivity contribution >= 4 is 5.97 Å². The molecule has 3 N–H and O–H groups in total. The summed E-state index contributed by atoms with van der Waals surface area (Å²) < 4.78 is 4.62. The van der Waals surface area contributed by atoms with Gasteiger partial charge in [-0.3, -0.25) is 0 Å². The highest BCUT2D eigenvalue weighted by molar-refractivity contribution is 5.92. The minimum Gasteiger partial charge on any atom is -0.507 e. The van der Waals surface area contributed by atoms with Gasteiger partial charge in [0.2, 0.25) is 0 Å². The molecule has 17 heavy (non-hydrogen) atoms. The van der Waals surface area contributed by atoms with Gasteiger partial charge in [0.15, 0.2) is 0 Å². The Hall–Kier alpha value is -1.55. The average molecular weight is 235 g/mol. The van der Waals surface area contributed by atoms with Crippen LogP contribution < -0.4 is 5.73 Å². The Morgan fingerprint density at radius 3 is 2.53 bits per heavy atom. The van der Waals surface area contributed by atoms with Gasteiger partial charge in [0.1, 0.15) is 11.3 Å². The first-order chi connectivity index (χ1) is 7.89. The molecule has 0 amide bonds. The number of phenolic OH excluding ortho intramolecular Hbond substituents is 1. The zero-order chi connectivity index (χ0) is 12.8. The van der Waals surface area contributed by atoms with Gasteiger partial charge in [-0.05, 0) is 23.1 Å². The molecule has 0 radical (unpaired) electrons. The molecule has 92 valence electrons. The van der Waals surface area contributed by atoms with Crippen LogP contribution in [0.25, 0.3) is 0 Å². The number of ether oxygens (including phenoxy) is 1. The molecule has 0 unspecified atom stereocenters. The van der Waals surface area contributed by atoms with Gasteiger partial charge in [0.05, 0.1) is 7.11 Å². The molecule has 1 saturated carbocycles. The highest BCUT2D eigenvalue weighted by Gasteiger charge is 2.56. The third-order valence-corrected chi connectivity index (χ3v) is 3.70. The van der Waals surface area contributed by atoms with Crippen LogP contribution in [0.15, 0.2) is 18.2 Å². The number of carbonyl (C=O) groups is 1. The van der Waals surface area contributed by atoms with Crippen molar-refractivity contribution < 1.29 is 14.6 Å². The Bertz CT molecular complexity index is 468. The minimum absolute atomic E-state index is 0.0460. The van der Waals surface area contributed by atoms with Crippen molar-refractivity contribution in [3.63, 3.8) is 0 Å². The number of benzene rings is 1. The van der Waals surface area contributed by atoms with Gasteiger partial charge >= 0.3 is 5.97 Å². The molecule has 0 bridgehead atoms. The van der Waals surface area contributed by atoms with E-state index in [1.807, 2.05) is 0 Å². The summed E-state index contributed by atoms with van der Waals surface area (Å²) in [6.45, 7) is 4.18. The van der Waals surface area contributed by atoms with Gasteiger partial charge in [0, 0.05) is 12.0 Å². The number of aromatic hydroxyl groups is 1. The molecule has 1 aromatic carbocycles. The number of rotatable bonds is 2. The van der Waals surface area contributed by atoms with Crippen molar-refractivity contribution in [2.24, 2.45) is 11.1 Å². The fourth-order valence-electron chi connectivity index (χ4n) is 2.34. The first kappa shape index (κ1) is 11.9. The van der Waals surface area contributed by atoms with E-state index in [0.717, 1.165) is 5.56 Å². The molecule has 1 aromatic rings. The number of esters is 1. The second-order valence-electron chi connectivity index (χ2n) is 5.09. The largest absolute Gasteiger partial charge is 0.507 e. The topological polar surface area (TPSA) is 72.5 Å². The Balaban J connectivity index is 2.36. The van der Waals surface area contributed by atoms with E-state index >= 15 is 0 Å². The van der Waals surface area contributed by atoms with Crippen LogP contribution in [0.1, 0.15) is 35.7 Å². The van der Waals surface area contributed by atoms with E-state index in [1.54, 1.807) is 12.1 Å². The number of carbonyl (C=O) groups excluding carboxylic acids is 1. The molecule has 2 rings (SSSR count). The van der Waals surface area contributed by atoms with Crippen molar-refractivity contribution in [1.82, 2.24) is 0 Å². The second kappa shape index (κ2) is 3.74. The number of methoxy groups -OCH3 is 1. The number of hydrogen-bond donors (Lipinski definition) is 2. The average Bonchev–Trinajstić information content (AvgIpc) is 2.78. The van der Waals surface area contributed by atoms with Crippen LogP contribution in [0.5, 0.6) is 5.75 Å². The fourth-order valence-corrected chi connectivity index (χ4v) is 2.34. The molecule has 0 heterocycles. The Morgan fingerprint density at radius 2 is 2.06 bits per heavy atom. The summed E-state index contributed by atoms with van der Waals surface area (Å²) in [7, 11) is 1.29. The molecule has 0 aromatic heterocycles. The SMILES string of the molecule is COC(=O)c1cc([C@@H]2[C@@H](N)C2(C)C)ccc1O. The fraction of sp³-hybridized carbons (Fsp3) is 0.462. The molecule has 1 aliphatic rings. The molecular weight excluding hydrogens is 218 g/mol. The van der Waals surface area contributed by atoms with Crippen LogP contribution in [0.2, 0.25) is 0 Å². The van der Waals surface area contributed by atoms with Gasteiger partial charge in [-0.1, -0.05) is 19.9 Å². The molecule has 0 spiro atoms. The maximum Gasteiger partial charge on any atom is 0.341 e. The number of nitrogens with two attached hydrogens (primary N) is 1. The second-order valence-corrected chi connectivity index (χ2v) is 5.09. The summed E-state index contributed by atoms with van der Waals surface area (Å²) in [4.78, 5) is 11.5. The molecule has 0 aliphatic heterocycles. The standard InChI is InChI=1S/C13H17NO3/c1-13(2)10(11(13)14)7-4-5-9(15)8(6-7)12(16)17-3/h4-6,10-11,15H,14H2,1-3H3/t10-,11-/m1/s1. The lowest BCUT2D eigenvalue weighted by Gasteiger charge is -2.07. The Labute approximate surface area is 100 Å². The van der Waals surface area contributed by atoms with E-state index in [1.165, 1.54) is 13.2 Å². The monoisotopic (exact) mass is 235 g/mol. The smallest absolute Gasteiger partial charge is 0.341 e. The number of hydrogen-bond acceptors (Lipinski definition) is 4. The number of phenols is 1. The zero-order valence-corrected chi connectivity index (χ0v) is 10.2. The summed E-state index contributed by atoms with van der Waals surface area (Å²) in [5.41, 5.74) is 7.21. The molecule has 4 nitrogen and oxygen atoms in total. The van der Waals surface area contributed by atoms with Crippen molar-refractivity contribution in [1.29, 1.82) is 0 Å².